The van der Waals surface area contributed by atoms with E-state index in [-0.39, 0.29) is 0 Å². The van der Waals surface area contributed by atoms with E-state index >= 15 is 0 Å². The zero-order valence-electron chi connectivity index (χ0n) is 21.7. The van der Waals surface area contributed by atoms with Gasteiger partial charge >= 0.3 is 0 Å². The average molecular weight is 480 g/mol. The first-order valence-corrected chi connectivity index (χ1v) is 13.7. The number of rotatable bonds is 15. The molecule has 0 spiro atoms. The molecule has 0 aromatic heterocycles. The molecule has 1 heterocycles. The minimum absolute atomic E-state index is 0.744. The van der Waals surface area contributed by atoms with Crippen LogP contribution in [0, 0.1) is 0 Å². The second kappa shape index (κ2) is 14.3. The van der Waals surface area contributed by atoms with E-state index in [0.717, 1.165) is 52.7 Å². The quantitative estimate of drug-likeness (QED) is 0.200. The van der Waals surface area contributed by atoms with Crippen LogP contribution < -0.4 is 10.1 Å². The number of benzene rings is 3. The van der Waals surface area contributed by atoms with Crippen molar-refractivity contribution < 1.29 is 4.74 Å². The second-order valence-corrected chi connectivity index (χ2v) is 9.53. The first kappa shape index (κ1) is 25.8. The fourth-order valence-corrected chi connectivity index (χ4v) is 4.55. The molecule has 0 unspecified atom stereocenters. The van der Waals surface area contributed by atoms with Gasteiger partial charge in [-0.15, -0.1) is 0 Å². The highest BCUT2D eigenvalue weighted by Gasteiger charge is 2.23. The number of ether oxygens (including phenoxy) is 1. The fraction of sp³-hybridized carbons (Fsp3) is 0.364. The Morgan fingerprint density at radius 3 is 1.64 bits per heavy atom. The molecule has 3 aromatic carbocycles. The summed E-state index contributed by atoms with van der Waals surface area (Å²) in [6.07, 6.45) is 13.4. The van der Waals surface area contributed by atoms with Gasteiger partial charge < -0.3 is 4.74 Å². The number of nitrogens with zero attached hydrogens (tertiary/aromatic N) is 2. The van der Waals surface area contributed by atoms with Gasteiger partial charge in [0.25, 0.3) is 0 Å². The van der Waals surface area contributed by atoms with Gasteiger partial charge in [-0.05, 0) is 30.7 Å². The Morgan fingerprint density at radius 2 is 1.06 bits per heavy atom. The van der Waals surface area contributed by atoms with Crippen LogP contribution in [0.2, 0.25) is 0 Å². The van der Waals surface area contributed by atoms with Gasteiger partial charge in [-0.25, -0.2) is 10.3 Å². The summed E-state index contributed by atoms with van der Waals surface area (Å²) >= 11 is 0. The zero-order chi connectivity index (χ0) is 24.8. The Kier molecular flexibility index (Phi) is 10.2. The summed E-state index contributed by atoms with van der Waals surface area (Å²) in [5, 5.41) is 4.94. The predicted octanol–water partition coefficient (Wildman–Crippen LogP) is 8.88. The first-order chi connectivity index (χ1) is 17.8. The molecule has 1 aliphatic heterocycles. The van der Waals surface area contributed by atoms with Crippen LogP contribution >= 0.6 is 0 Å². The summed E-state index contributed by atoms with van der Waals surface area (Å²) in [5.74, 6) is 1.65. The minimum atomic E-state index is 0.744. The van der Waals surface area contributed by atoms with Crippen molar-refractivity contribution in [1.82, 2.24) is 5.32 Å². The van der Waals surface area contributed by atoms with Crippen LogP contribution in [0.25, 0.3) is 11.4 Å². The third-order valence-corrected chi connectivity index (χ3v) is 6.63. The van der Waals surface area contributed by atoms with Crippen LogP contribution in [0.3, 0.4) is 0 Å². The molecule has 3 heteroatoms. The fourth-order valence-electron chi connectivity index (χ4n) is 4.55. The van der Waals surface area contributed by atoms with Gasteiger partial charge in [0, 0.05) is 16.7 Å². The topological polar surface area (TPSA) is 35.7 Å². The Morgan fingerprint density at radius 1 is 0.528 bits per heavy atom. The molecule has 0 fully saturated rings. The van der Waals surface area contributed by atoms with Gasteiger partial charge in [-0.3, -0.25) is 0 Å². The Labute approximate surface area is 217 Å². The van der Waals surface area contributed by atoms with E-state index < -0.39 is 0 Å². The van der Waals surface area contributed by atoms with Crippen LogP contribution in [0.1, 0.15) is 87.8 Å². The molecule has 3 aromatic rings. The van der Waals surface area contributed by atoms with E-state index in [0.29, 0.717) is 0 Å². The van der Waals surface area contributed by atoms with Gasteiger partial charge in [0.05, 0.1) is 18.0 Å². The van der Waals surface area contributed by atoms with Crippen molar-refractivity contribution in [2.24, 2.45) is 4.99 Å². The predicted molar refractivity (Wildman–Crippen MR) is 152 cm³/mol. The van der Waals surface area contributed by atoms with Crippen LogP contribution in [-0.2, 0) is 0 Å². The summed E-state index contributed by atoms with van der Waals surface area (Å²) in [6, 6.07) is 28.8. The number of aliphatic imine (C=N–C) groups is 1. The molecule has 4 rings (SSSR count). The van der Waals surface area contributed by atoms with Gasteiger partial charge in [0.15, 0.2) is 5.84 Å². The first-order valence-electron chi connectivity index (χ1n) is 13.7. The maximum absolute atomic E-state index is 6.00. The van der Waals surface area contributed by atoms with Crippen LogP contribution in [0.4, 0.5) is 0 Å². The van der Waals surface area contributed by atoms with Crippen molar-refractivity contribution in [2.75, 3.05) is 6.61 Å². The third kappa shape index (κ3) is 7.58. The Bertz CT molecular complexity index is 1100. The van der Waals surface area contributed by atoms with E-state index in [1.165, 1.54) is 57.8 Å². The van der Waals surface area contributed by atoms with Crippen molar-refractivity contribution in [3.05, 3.63) is 102 Å². The third-order valence-electron chi connectivity index (χ3n) is 6.63. The molecule has 0 N–H and O–H groups in total. The lowest BCUT2D eigenvalue weighted by Gasteiger charge is -2.08. The average Bonchev–Trinajstić information content (AvgIpc) is 3.39. The molecule has 1 aliphatic rings. The Balaban J connectivity index is 1.26. The summed E-state index contributed by atoms with van der Waals surface area (Å²) in [6.45, 7) is 3.05. The molecule has 0 saturated carbocycles. The number of hydrogen-bond donors (Lipinski definition) is 0. The standard InChI is InChI=1S/C33H39N2O/c1-2-3-4-5-6-7-8-9-10-17-26-36-30-24-22-29(23-25-30)33-34-31(27-18-13-11-14-19-27)32(35-33)28-20-15-12-16-21-28/h11-16,18-25H,2-10,17,26H2,1H3. The molecular weight excluding hydrogens is 440 g/mol. The largest absolute Gasteiger partial charge is 0.494 e. The molecule has 0 aliphatic carbocycles. The SMILES string of the molecule is CCCCCCCCCCCCOc1ccc(C2=NC(c3ccccc3)=C(c3ccccc3)[N]2)cc1. The van der Waals surface area contributed by atoms with E-state index in [9.17, 15) is 0 Å². The van der Waals surface area contributed by atoms with Crippen LogP contribution in [0.15, 0.2) is 89.9 Å². The molecule has 0 bridgehead atoms. The molecule has 36 heavy (non-hydrogen) atoms. The molecule has 0 saturated heterocycles. The van der Waals surface area contributed by atoms with Crippen molar-refractivity contribution in [3.8, 4) is 5.75 Å². The lowest BCUT2D eigenvalue weighted by Crippen LogP contribution is -2.11. The minimum Gasteiger partial charge on any atom is -0.494 e. The number of amidine groups is 1. The van der Waals surface area contributed by atoms with E-state index in [2.05, 4.69) is 43.3 Å². The summed E-state index contributed by atoms with van der Waals surface area (Å²) in [4.78, 5) is 4.94. The molecule has 1 radical (unpaired) electrons. The molecule has 3 nitrogen and oxygen atoms in total. The lowest BCUT2D eigenvalue weighted by molar-refractivity contribution is 0.304. The second-order valence-electron chi connectivity index (χ2n) is 9.53. The highest BCUT2D eigenvalue weighted by Crippen LogP contribution is 2.32. The highest BCUT2D eigenvalue weighted by molar-refractivity contribution is 6.14. The maximum atomic E-state index is 6.00. The lowest BCUT2D eigenvalue weighted by atomic mass is 10.1. The van der Waals surface area contributed by atoms with E-state index in [1.807, 2.05) is 48.5 Å². The van der Waals surface area contributed by atoms with Gasteiger partial charge in [-0.2, -0.15) is 0 Å². The van der Waals surface area contributed by atoms with Gasteiger partial charge in [0.2, 0.25) is 0 Å². The van der Waals surface area contributed by atoms with Crippen molar-refractivity contribution >= 4 is 17.2 Å². The van der Waals surface area contributed by atoms with Crippen molar-refractivity contribution in [3.63, 3.8) is 0 Å². The maximum Gasteiger partial charge on any atom is 0.160 e. The van der Waals surface area contributed by atoms with Crippen LogP contribution in [-0.4, -0.2) is 12.4 Å². The smallest absolute Gasteiger partial charge is 0.160 e. The highest BCUT2D eigenvalue weighted by atomic mass is 16.5. The molecular formula is C33H39N2O. The van der Waals surface area contributed by atoms with Gasteiger partial charge in [-0.1, -0.05) is 125 Å². The zero-order valence-corrected chi connectivity index (χ0v) is 21.7. The van der Waals surface area contributed by atoms with Crippen LogP contribution in [0.5, 0.6) is 5.75 Å². The van der Waals surface area contributed by atoms with E-state index in [4.69, 9.17) is 15.0 Å². The van der Waals surface area contributed by atoms with Crippen molar-refractivity contribution in [1.29, 1.82) is 0 Å². The summed E-state index contributed by atoms with van der Waals surface area (Å²) in [5.41, 5.74) is 4.98. The summed E-state index contributed by atoms with van der Waals surface area (Å²) < 4.78 is 6.00. The molecule has 0 amide bonds. The monoisotopic (exact) mass is 479 g/mol. The number of hydrogen-bond acceptors (Lipinski definition) is 2. The Hall–Kier alpha value is -3.33. The summed E-state index contributed by atoms with van der Waals surface area (Å²) in [7, 11) is 0. The van der Waals surface area contributed by atoms with E-state index in [1.54, 1.807) is 0 Å². The number of unbranched alkanes of at least 4 members (excludes halogenated alkanes) is 9. The molecule has 187 valence electrons. The van der Waals surface area contributed by atoms with Gasteiger partial charge in [0.1, 0.15) is 5.75 Å². The normalized spacial score (nSPS) is 13.0. The van der Waals surface area contributed by atoms with Crippen molar-refractivity contribution in [2.45, 2.75) is 71.1 Å². The molecule has 0 atom stereocenters.